The monoisotopic (exact) mass is 233 g/mol. The van der Waals surface area contributed by atoms with Crippen LogP contribution in [0, 0.1) is 0 Å². The van der Waals surface area contributed by atoms with Crippen molar-refractivity contribution in [3.8, 4) is 0 Å². The molecule has 17 heavy (non-hydrogen) atoms. The molecule has 92 valence electrons. The molecule has 4 nitrogen and oxygen atoms in total. The minimum Gasteiger partial charge on any atom is -0.334 e. The maximum Gasteiger partial charge on any atom is 0.224 e. The predicted molar refractivity (Wildman–Crippen MR) is 66.2 cm³/mol. The second kappa shape index (κ2) is 5.27. The van der Waals surface area contributed by atoms with Crippen LogP contribution in [0.5, 0.6) is 0 Å². The zero-order valence-electron chi connectivity index (χ0n) is 10.2. The third kappa shape index (κ3) is 2.47. The van der Waals surface area contributed by atoms with Gasteiger partial charge in [0.1, 0.15) is 0 Å². The van der Waals surface area contributed by atoms with E-state index in [4.69, 9.17) is 5.73 Å². The van der Waals surface area contributed by atoms with Crippen molar-refractivity contribution in [1.29, 1.82) is 0 Å². The Hall–Kier alpha value is -1.42. The van der Waals surface area contributed by atoms with Gasteiger partial charge in [0.25, 0.3) is 0 Å². The SMILES string of the molecule is CCCCN1C(=O)CC(N)C1c1ccncc1. The molecule has 1 aliphatic heterocycles. The van der Waals surface area contributed by atoms with Crippen LogP contribution in [0.1, 0.15) is 37.8 Å². The number of pyridine rings is 1. The largest absolute Gasteiger partial charge is 0.334 e. The number of carbonyl (C=O) groups excluding carboxylic acids is 1. The first-order chi connectivity index (χ1) is 8.24. The molecule has 4 heteroatoms. The van der Waals surface area contributed by atoms with Gasteiger partial charge in [-0.15, -0.1) is 0 Å². The lowest BCUT2D eigenvalue weighted by Crippen LogP contribution is -2.33. The lowest BCUT2D eigenvalue weighted by Gasteiger charge is -2.27. The summed E-state index contributed by atoms with van der Waals surface area (Å²) in [5.41, 5.74) is 7.17. The molecule has 0 aromatic carbocycles. The third-order valence-electron chi connectivity index (χ3n) is 3.27. The molecule has 0 saturated carbocycles. The van der Waals surface area contributed by atoms with E-state index in [-0.39, 0.29) is 18.0 Å². The van der Waals surface area contributed by atoms with Crippen molar-refractivity contribution in [3.05, 3.63) is 30.1 Å². The number of unbranched alkanes of at least 4 members (excludes halogenated alkanes) is 1. The van der Waals surface area contributed by atoms with Gasteiger partial charge in [0, 0.05) is 31.4 Å². The minimum absolute atomic E-state index is 0.0250. The molecule has 2 atom stereocenters. The molecule has 1 saturated heterocycles. The highest BCUT2D eigenvalue weighted by Crippen LogP contribution is 2.31. The molecular weight excluding hydrogens is 214 g/mol. The minimum atomic E-state index is -0.0956. The molecule has 1 fully saturated rings. The van der Waals surface area contributed by atoms with Crippen molar-refractivity contribution in [3.63, 3.8) is 0 Å². The Kier molecular flexibility index (Phi) is 3.74. The summed E-state index contributed by atoms with van der Waals surface area (Å²) in [6, 6.07) is 3.82. The molecule has 1 aromatic rings. The number of rotatable bonds is 4. The van der Waals surface area contributed by atoms with Gasteiger partial charge in [-0.3, -0.25) is 9.78 Å². The van der Waals surface area contributed by atoms with Gasteiger partial charge < -0.3 is 10.6 Å². The number of likely N-dealkylation sites (tertiary alicyclic amines) is 1. The summed E-state index contributed by atoms with van der Waals surface area (Å²) in [6.07, 6.45) is 6.07. The summed E-state index contributed by atoms with van der Waals surface area (Å²) >= 11 is 0. The summed E-state index contributed by atoms with van der Waals surface area (Å²) in [6.45, 7) is 2.93. The first-order valence-electron chi connectivity index (χ1n) is 6.19. The molecule has 1 amide bonds. The van der Waals surface area contributed by atoms with Crippen LogP contribution in [-0.2, 0) is 4.79 Å². The van der Waals surface area contributed by atoms with Gasteiger partial charge in [-0.1, -0.05) is 13.3 Å². The number of hydrogen-bond acceptors (Lipinski definition) is 3. The Morgan fingerprint density at radius 3 is 2.82 bits per heavy atom. The van der Waals surface area contributed by atoms with Crippen molar-refractivity contribution in [2.75, 3.05) is 6.54 Å². The number of amides is 1. The van der Waals surface area contributed by atoms with Crippen molar-refractivity contribution in [1.82, 2.24) is 9.88 Å². The lowest BCUT2D eigenvalue weighted by atomic mass is 10.0. The van der Waals surface area contributed by atoms with Crippen LogP contribution in [0.3, 0.4) is 0 Å². The van der Waals surface area contributed by atoms with Crippen LogP contribution >= 0.6 is 0 Å². The fourth-order valence-electron chi connectivity index (χ4n) is 2.40. The van der Waals surface area contributed by atoms with Crippen LogP contribution in [-0.4, -0.2) is 28.4 Å². The Morgan fingerprint density at radius 2 is 2.18 bits per heavy atom. The van der Waals surface area contributed by atoms with E-state index in [2.05, 4.69) is 11.9 Å². The van der Waals surface area contributed by atoms with E-state index in [0.717, 1.165) is 24.9 Å². The highest BCUT2D eigenvalue weighted by Gasteiger charge is 2.37. The molecule has 0 bridgehead atoms. The van der Waals surface area contributed by atoms with Crippen molar-refractivity contribution in [2.24, 2.45) is 5.73 Å². The Bertz CT molecular complexity index is 380. The lowest BCUT2D eigenvalue weighted by molar-refractivity contribution is -0.129. The molecule has 2 heterocycles. The fourth-order valence-corrected chi connectivity index (χ4v) is 2.40. The number of nitrogens with two attached hydrogens (primary N) is 1. The van der Waals surface area contributed by atoms with Gasteiger partial charge in [0.2, 0.25) is 5.91 Å². The maximum absolute atomic E-state index is 11.9. The molecule has 0 spiro atoms. The number of aromatic nitrogens is 1. The maximum atomic E-state index is 11.9. The Balaban J connectivity index is 2.20. The predicted octanol–water partition coefficient (Wildman–Crippen LogP) is 1.48. The highest BCUT2D eigenvalue weighted by atomic mass is 16.2. The molecule has 2 N–H and O–H groups in total. The van der Waals surface area contributed by atoms with Crippen molar-refractivity contribution in [2.45, 2.75) is 38.3 Å². The normalized spacial score (nSPS) is 24.4. The second-order valence-corrected chi connectivity index (χ2v) is 4.53. The summed E-state index contributed by atoms with van der Waals surface area (Å²) in [5.74, 6) is 0.174. The zero-order valence-corrected chi connectivity index (χ0v) is 10.2. The molecule has 0 radical (unpaired) electrons. The van der Waals surface area contributed by atoms with E-state index in [9.17, 15) is 4.79 Å². The van der Waals surface area contributed by atoms with E-state index in [1.165, 1.54) is 0 Å². The van der Waals surface area contributed by atoms with Crippen LogP contribution in [0.2, 0.25) is 0 Å². The van der Waals surface area contributed by atoms with Gasteiger partial charge in [-0.05, 0) is 24.1 Å². The van der Waals surface area contributed by atoms with Crippen LogP contribution < -0.4 is 5.73 Å². The summed E-state index contributed by atoms with van der Waals surface area (Å²) in [4.78, 5) is 17.8. The van der Waals surface area contributed by atoms with Crippen molar-refractivity contribution >= 4 is 5.91 Å². The molecule has 0 aliphatic carbocycles. The number of hydrogen-bond donors (Lipinski definition) is 1. The summed E-state index contributed by atoms with van der Waals surface area (Å²) in [7, 11) is 0. The van der Waals surface area contributed by atoms with Gasteiger partial charge in [-0.2, -0.15) is 0 Å². The quantitative estimate of drug-likeness (QED) is 0.857. The Morgan fingerprint density at radius 1 is 1.47 bits per heavy atom. The molecule has 1 aliphatic rings. The summed E-state index contributed by atoms with van der Waals surface area (Å²) in [5, 5.41) is 0. The van der Waals surface area contributed by atoms with E-state index >= 15 is 0 Å². The van der Waals surface area contributed by atoms with E-state index in [0.29, 0.717) is 6.42 Å². The van der Waals surface area contributed by atoms with Crippen LogP contribution in [0.15, 0.2) is 24.5 Å². The highest BCUT2D eigenvalue weighted by molar-refractivity contribution is 5.80. The van der Waals surface area contributed by atoms with Crippen molar-refractivity contribution < 1.29 is 4.79 Å². The van der Waals surface area contributed by atoms with Crippen LogP contribution in [0.4, 0.5) is 0 Å². The molecular formula is C13H19N3O. The standard InChI is InChI=1S/C13H19N3O/c1-2-3-8-16-12(17)9-11(14)13(16)10-4-6-15-7-5-10/h4-7,11,13H,2-3,8-9,14H2,1H3. The van der Waals surface area contributed by atoms with Crippen LogP contribution in [0.25, 0.3) is 0 Å². The first kappa shape index (κ1) is 12.0. The first-order valence-corrected chi connectivity index (χ1v) is 6.19. The second-order valence-electron chi connectivity index (χ2n) is 4.53. The van der Waals surface area contributed by atoms with Gasteiger partial charge in [0.05, 0.1) is 6.04 Å². The molecule has 1 aromatic heterocycles. The Labute approximate surface area is 102 Å². The number of nitrogens with zero attached hydrogens (tertiary/aromatic N) is 2. The zero-order chi connectivity index (χ0) is 12.3. The van der Waals surface area contributed by atoms with E-state index in [1.807, 2.05) is 17.0 Å². The number of carbonyl (C=O) groups is 1. The fraction of sp³-hybridized carbons (Fsp3) is 0.538. The smallest absolute Gasteiger partial charge is 0.224 e. The summed E-state index contributed by atoms with van der Waals surface area (Å²) < 4.78 is 0. The third-order valence-corrected chi connectivity index (χ3v) is 3.27. The topological polar surface area (TPSA) is 59.2 Å². The van der Waals surface area contributed by atoms with E-state index < -0.39 is 0 Å². The average Bonchev–Trinajstić information content (AvgIpc) is 2.62. The van der Waals surface area contributed by atoms with Gasteiger partial charge in [-0.25, -0.2) is 0 Å². The van der Waals surface area contributed by atoms with E-state index in [1.54, 1.807) is 12.4 Å². The average molecular weight is 233 g/mol. The van der Waals surface area contributed by atoms with Gasteiger partial charge in [0.15, 0.2) is 0 Å². The molecule has 2 rings (SSSR count). The van der Waals surface area contributed by atoms with Gasteiger partial charge >= 0.3 is 0 Å². The molecule has 2 unspecified atom stereocenters.